The van der Waals surface area contributed by atoms with Crippen molar-refractivity contribution >= 4 is 29.4 Å². The smallest absolute Gasteiger partial charge is 0.307 e. The summed E-state index contributed by atoms with van der Waals surface area (Å²) >= 11 is 0.935. The first-order chi connectivity index (χ1) is 10.5. The van der Waals surface area contributed by atoms with E-state index in [2.05, 4.69) is 5.32 Å². The van der Waals surface area contributed by atoms with Crippen molar-refractivity contribution in [3.05, 3.63) is 64.5 Å². The van der Waals surface area contributed by atoms with E-state index in [-0.39, 0.29) is 5.69 Å². The predicted octanol–water partition coefficient (Wildman–Crippen LogP) is 3.90. The molecule has 2 aromatic carbocycles. The van der Waals surface area contributed by atoms with E-state index < -0.39 is 16.8 Å². The molecule has 8 heteroatoms. The Hall–Kier alpha value is -2.61. The number of para-hydroxylation sites is 1. The van der Waals surface area contributed by atoms with Crippen LogP contribution in [0.25, 0.3) is 0 Å². The second-order valence-electron chi connectivity index (χ2n) is 4.25. The lowest BCUT2D eigenvalue weighted by Gasteiger charge is -2.16. The number of urea groups is 1. The van der Waals surface area contributed by atoms with Crippen LogP contribution in [0.2, 0.25) is 0 Å². The number of nitro benzene ring substituents is 1. The maximum absolute atomic E-state index is 12.8. The van der Waals surface area contributed by atoms with Gasteiger partial charge in [0.1, 0.15) is 10.7 Å². The van der Waals surface area contributed by atoms with Gasteiger partial charge in [0.2, 0.25) is 0 Å². The normalized spacial score (nSPS) is 10.1. The number of nitrogens with one attached hydrogen (secondary N) is 1. The molecule has 2 rings (SSSR count). The fraction of sp³-hybridized carbons (Fsp3) is 0.0714. The summed E-state index contributed by atoms with van der Waals surface area (Å²) in [5, 5.41) is 13.5. The minimum atomic E-state index is -0.506. The summed E-state index contributed by atoms with van der Waals surface area (Å²) in [5.41, 5.74) is 0.357. The number of carbonyl (C=O) groups excluding carboxylic acids is 1. The molecule has 0 aromatic heterocycles. The molecule has 0 spiro atoms. The van der Waals surface area contributed by atoms with Gasteiger partial charge < -0.3 is 5.32 Å². The number of hydrogen-bond donors (Lipinski definition) is 1. The van der Waals surface area contributed by atoms with Crippen molar-refractivity contribution in [2.75, 3.05) is 12.4 Å². The maximum Gasteiger partial charge on any atom is 0.331 e. The van der Waals surface area contributed by atoms with Crippen LogP contribution in [-0.2, 0) is 0 Å². The Labute approximate surface area is 130 Å². The second-order valence-corrected chi connectivity index (χ2v) is 5.42. The molecule has 1 N–H and O–H groups in total. The third-order valence-corrected chi connectivity index (χ3v) is 3.66. The first-order valence-corrected chi connectivity index (χ1v) is 6.96. The van der Waals surface area contributed by atoms with Gasteiger partial charge in [-0.15, -0.1) is 0 Å². The molecule has 0 saturated heterocycles. The molecule has 0 aliphatic rings. The first-order valence-electron chi connectivity index (χ1n) is 6.19. The van der Waals surface area contributed by atoms with Gasteiger partial charge in [0.25, 0.3) is 5.69 Å². The topological polar surface area (TPSA) is 75.5 Å². The van der Waals surface area contributed by atoms with E-state index in [0.717, 1.165) is 11.9 Å². The van der Waals surface area contributed by atoms with Crippen LogP contribution in [0.15, 0.2) is 53.4 Å². The Bertz CT molecular complexity index is 694. The molecule has 2 aromatic rings. The molecular weight excluding hydrogens is 309 g/mol. The van der Waals surface area contributed by atoms with Crippen LogP contribution < -0.4 is 5.32 Å². The first kappa shape index (κ1) is 15.8. The third-order valence-electron chi connectivity index (χ3n) is 2.68. The minimum Gasteiger partial charge on any atom is -0.307 e. The monoisotopic (exact) mass is 321 g/mol. The number of nitrogens with zero attached hydrogens (tertiary/aromatic N) is 2. The van der Waals surface area contributed by atoms with Crippen molar-refractivity contribution in [1.29, 1.82) is 0 Å². The average Bonchev–Trinajstić information content (AvgIpc) is 2.49. The van der Waals surface area contributed by atoms with Crippen LogP contribution in [0.1, 0.15) is 0 Å². The van der Waals surface area contributed by atoms with Crippen molar-refractivity contribution < 1.29 is 14.1 Å². The molecule has 0 unspecified atom stereocenters. The van der Waals surface area contributed by atoms with Gasteiger partial charge in [-0.05, 0) is 42.3 Å². The van der Waals surface area contributed by atoms with Crippen molar-refractivity contribution in [3.63, 3.8) is 0 Å². The zero-order valence-electron chi connectivity index (χ0n) is 11.5. The Morgan fingerprint density at radius 1 is 1.23 bits per heavy atom. The van der Waals surface area contributed by atoms with Crippen LogP contribution in [0.4, 0.5) is 20.6 Å². The highest BCUT2D eigenvalue weighted by Crippen LogP contribution is 2.30. The SMILES string of the molecule is CN(Sc1ccccc1[N+](=O)[O-])C(=O)Nc1ccc(F)cc1. The van der Waals surface area contributed by atoms with E-state index in [1.54, 1.807) is 18.2 Å². The molecule has 0 aliphatic carbocycles. The molecule has 0 heterocycles. The van der Waals surface area contributed by atoms with Gasteiger partial charge in [-0.2, -0.15) is 0 Å². The lowest BCUT2D eigenvalue weighted by atomic mass is 10.3. The van der Waals surface area contributed by atoms with E-state index in [9.17, 15) is 19.3 Å². The van der Waals surface area contributed by atoms with Gasteiger partial charge in [0.05, 0.1) is 4.92 Å². The summed E-state index contributed by atoms with van der Waals surface area (Å²) in [4.78, 5) is 22.8. The number of nitro groups is 1. The second kappa shape index (κ2) is 6.90. The van der Waals surface area contributed by atoms with E-state index in [1.807, 2.05) is 0 Å². The molecule has 0 bridgehead atoms. The fourth-order valence-electron chi connectivity index (χ4n) is 1.61. The number of anilines is 1. The molecular formula is C14H12FN3O3S. The highest BCUT2D eigenvalue weighted by atomic mass is 32.2. The van der Waals surface area contributed by atoms with Crippen LogP contribution in [0.3, 0.4) is 0 Å². The molecule has 0 saturated carbocycles. The van der Waals surface area contributed by atoms with Crippen LogP contribution in [0.5, 0.6) is 0 Å². The van der Waals surface area contributed by atoms with Gasteiger partial charge in [0.15, 0.2) is 0 Å². The number of carbonyl (C=O) groups is 1. The highest BCUT2D eigenvalue weighted by molar-refractivity contribution is 7.97. The van der Waals surface area contributed by atoms with Crippen LogP contribution >= 0.6 is 11.9 Å². The van der Waals surface area contributed by atoms with E-state index >= 15 is 0 Å². The quantitative estimate of drug-likeness (QED) is 0.526. The lowest BCUT2D eigenvalue weighted by molar-refractivity contribution is -0.387. The Morgan fingerprint density at radius 2 is 1.86 bits per heavy atom. The predicted molar refractivity (Wildman–Crippen MR) is 82.1 cm³/mol. The largest absolute Gasteiger partial charge is 0.331 e. The summed E-state index contributed by atoms with van der Waals surface area (Å²) in [6, 6.07) is 11.0. The molecule has 114 valence electrons. The number of rotatable bonds is 4. The van der Waals surface area contributed by atoms with E-state index in [4.69, 9.17) is 0 Å². The van der Waals surface area contributed by atoms with E-state index in [0.29, 0.717) is 10.6 Å². The van der Waals surface area contributed by atoms with Crippen LogP contribution in [-0.4, -0.2) is 22.3 Å². The van der Waals surface area contributed by atoms with Crippen molar-refractivity contribution in [1.82, 2.24) is 4.31 Å². The fourth-order valence-corrected chi connectivity index (χ4v) is 2.41. The summed E-state index contributed by atoms with van der Waals surface area (Å²) in [5.74, 6) is -0.402. The van der Waals surface area contributed by atoms with Crippen molar-refractivity contribution in [2.45, 2.75) is 4.90 Å². The van der Waals surface area contributed by atoms with Gasteiger partial charge >= 0.3 is 6.03 Å². The third kappa shape index (κ3) is 3.95. The molecule has 0 fully saturated rings. The lowest BCUT2D eigenvalue weighted by Crippen LogP contribution is -2.25. The molecule has 2 amide bonds. The molecule has 0 radical (unpaired) electrons. The number of benzene rings is 2. The Kier molecular flexibility index (Phi) is 4.95. The van der Waals surface area contributed by atoms with Crippen molar-refractivity contribution in [2.24, 2.45) is 0 Å². The number of halogens is 1. The van der Waals surface area contributed by atoms with Gasteiger partial charge in [0, 0.05) is 18.8 Å². The molecule has 6 nitrogen and oxygen atoms in total. The average molecular weight is 321 g/mol. The standard InChI is InChI=1S/C14H12FN3O3S/c1-17(14(19)16-11-8-6-10(15)7-9-11)22-13-5-3-2-4-12(13)18(20)21/h2-9H,1H3,(H,16,19). The zero-order chi connectivity index (χ0) is 16.1. The van der Waals surface area contributed by atoms with E-state index in [1.165, 1.54) is 41.7 Å². The molecule has 0 aliphatic heterocycles. The number of hydrogen-bond acceptors (Lipinski definition) is 4. The van der Waals surface area contributed by atoms with Crippen LogP contribution in [0, 0.1) is 15.9 Å². The van der Waals surface area contributed by atoms with Gasteiger partial charge in [-0.1, -0.05) is 12.1 Å². The van der Waals surface area contributed by atoms with Gasteiger partial charge in [-0.25, -0.2) is 9.18 Å². The van der Waals surface area contributed by atoms with Gasteiger partial charge in [-0.3, -0.25) is 14.4 Å². The number of amides is 2. The molecule has 0 atom stereocenters. The highest BCUT2D eigenvalue weighted by Gasteiger charge is 2.18. The maximum atomic E-state index is 12.8. The summed E-state index contributed by atoms with van der Waals surface area (Å²) in [6.07, 6.45) is 0. The summed E-state index contributed by atoms with van der Waals surface area (Å²) < 4.78 is 14.0. The molecule has 22 heavy (non-hydrogen) atoms. The minimum absolute atomic E-state index is 0.0751. The Balaban J connectivity index is 2.05. The Morgan fingerprint density at radius 3 is 2.50 bits per heavy atom. The summed E-state index contributed by atoms with van der Waals surface area (Å²) in [7, 11) is 1.49. The zero-order valence-corrected chi connectivity index (χ0v) is 12.3. The summed E-state index contributed by atoms with van der Waals surface area (Å²) in [6.45, 7) is 0. The van der Waals surface area contributed by atoms with Crippen molar-refractivity contribution in [3.8, 4) is 0 Å².